The molecule has 0 aliphatic rings. The molecule has 0 N–H and O–H groups in total. The van der Waals surface area contributed by atoms with E-state index in [2.05, 4.69) is 0 Å². The van der Waals surface area contributed by atoms with Crippen LogP contribution in [0.5, 0.6) is 0 Å². The third-order valence-electron chi connectivity index (χ3n) is 2.25. The van der Waals surface area contributed by atoms with Gasteiger partial charge in [-0.05, 0) is 24.1 Å². The molecule has 0 spiro atoms. The Hall–Kier alpha value is -1.83. The van der Waals surface area contributed by atoms with Crippen molar-refractivity contribution in [2.24, 2.45) is 0 Å². The summed E-state index contributed by atoms with van der Waals surface area (Å²) in [6.45, 7) is 0. The minimum absolute atomic E-state index is 0.152. The monoisotopic (exact) mass is 241 g/mol. The van der Waals surface area contributed by atoms with Crippen molar-refractivity contribution in [2.75, 3.05) is 0 Å². The fourth-order valence-corrected chi connectivity index (χ4v) is 1.32. The van der Waals surface area contributed by atoms with Gasteiger partial charge in [0.15, 0.2) is 0 Å². The minimum atomic E-state index is -4.34. The molecular formula is C12H10F3NO. The van der Waals surface area contributed by atoms with Gasteiger partial charge in [-0.1, -0.05) is 12.1 Å². The number of halogens is 3. The van der Waals surface area contributed by atoms with E-state index in [1.54, 1.807) is 6.07 Å². The number of hydrogen-bond donors (Lipinski definition) is 0. The molecule has 90 valence electrons. The van der Waals surface area contributed by atoms with Crippen molar-refractivity contribution < 1.29 is 18.0 Å². The largest absolute Gasteiger partial charge is 0.416 e. The van der Waals surface area contributed by atoms with Crippen LogP contribution in [-0.4, -0.2) is 5.78 Å². The van der Waals surface area contributed by atoms with Crippen LogP contribution in [0, 0.1) is 11.3 Å². The van der Waals surface area contributed by atoms with Gasteiger partial charge >= 0.3 is 6.18 Å². The number of Topliss-reactive ketones (excluding diaryl/α,β-unsaturated/α-hetero) is 1. The number of ketones is 1. The van der Waals surface area contributed by atoms with Crippen LogP contribution in [0.15, 0.2) is 24.3 Å². The number of carbonyl (C=O) groups excluding carboxylic acids is 1. The highest BCUT2D eigenvalue weighted by Crippen LogP contribution is 2.29. The van der Waals surface area contributed by atoms with E-state index in [0.717, 1.165) is 12.1 Å². The average Bonchev–Trinajstić information content (AvgIpc) is 2.26. The highest BCUT2D eigenvalue weighted by molar-refractivity contribution is 5.80. The van der Waals surface area contributed by atoms with Crippen LogP contribution in [0.1, 0.15) is 24.0 Å². The maximum Gasteiger partial charge on any atom is 0.416 e. The molecular weight excluding hydrogens is 231 g/mol. The Morgan fingerprint density at radius 3 is 2.29 bits per heavy atom. The molecule has 0 aliphatic heterocycles. The number of alkyl halides is 3. The summed E-state index contributed by atoms with van der Waals surface area (Å²) in [5, 5.41) is 8.26. The van der Waals surface area contributed by atoms with Gasteiger partial charge in [0.05, 0.1) is 18.1 Å². The van der Waals surface area contributed by atoms with Gasteiger partial charge in [-0.2, -0.15) is 18.4 Å². The predicted octanol–water partition coefficient (Wildman–Crippen LogP) is 3.12. The van der Waals surface area contributed by atoms with Gasteiger partial charge in [-0.25, -0.2) is 0 Å². The molecule has 0 aliphatic carbocycles. The molecule has 0 fully saturated rings. The Morgan fingerprint density at radius 1 is 1.24 bits per heavy atom. The Kier molecular flexibility index (Phi) is 4.27. The maximum absolute atomic E-state index is 12.2. The summed E-state index contributed by atoms with van der Waals surface area (Å²) >= 11 is 0. The van der Waals surface area contributed by atoms with Crippen LogP contribution < -0.4 is 0 Å². The smallest absolute Gasteiger partial charge is 0.299 e. The number of aryl methyl sites for hydroxylation is 1. The summed E-state index contributed by atoms with van der Waals surface area (Å²) in [6, 6.07) is 6.41. The summed E-state index contributed by atoms with van der Waals surface area (Å²) in [5.41, 5.74) is -0.0473. The second kappa shape index (κ2) is 5.48. The zero-order valence-corrected chi connectivity index (χ0v) is 8.92. The van der Waals surface area contributed by atoms with E-state index < -0.39 is 11.7 Å². The Morgan fingerprint density at radius 2 is 1.82 bits per heavy atom. The van der Waals surface area contributed by atoms with Crippen LogP contribution in [0.25, 0.3) is 0 Å². The molecule has 5 heteroatoms. The first-order valence-electron chi connectivity index (χ1n) is 4.98. The molecule has 2 nitrogen and oxygen atoms in total. The van der Waals surface area contributed by atoms with E-state index >= 15 is 0 Å². The molecule has 0 radical (unpaired) electrons. The number of nitriles is 1. The maximum atomic E-state index is 12.2. The fraction of sp³-hybridized carbons (Fsp3) is 0.333. The van der Waals surface area contributed by atoms with E-state index in [9.17, 15) is 18.0 Å². The molecule has 0 saturated heterocycles. The van der Waals surface area contributed by atoms with Crippen LogP contribution in [0.3, 0.4) is 0 Å². The van der Waals surface area contributed by atoms with Crippen LogP contribution >= 0.6 is 0 Å². The molecule has 0 heterocycles. The summed E-state index contributed by atoms with van der Waals surface area (Å²) in [4.78, 5) is 11.0. The Balaban J connectivity index is 2.58. The van der Waals surface area contributed by atoms with Gasteiger partial charge in [0.2, 0.25) is 0 Å². The second-order valence-corrected chi connectivity index (χ2v) is 3.57. The standard InChI is InChI=1S/C12H10F3NO/c13-12(14,15)10-4-1-9(2-5-10)3-6-11(17)7-8-16/h1-2,4-5H,3,6-7H2. The van der Waals surface area contributed by atoms with Crippen molar-refractivity contribution in [1.82, 2.24) is 0 Å². The van der Waals surface area contributed by atoms with E-state index in [1.807, 2.05) is 0 Å². The first kappa shape index (κ1) is 13.2. The SMILES string of the molecule is N#CCC(=O)CCc1ccc(C(F)(F)F)cc1. The molecule has 17 heavy (non-hydrogen) atoms. The molecule has 0 amide bonds. The number of carbonyl (C=O) groups is 1. The molecule has 0 aromatic heterocycles. The fourth-order valence-electron chi connectivity index (χ4n) is 1.32. The predicted molar refractivity (Wildman–Crippen MR) is 55.0 cm³/mol. The highest BCUT2D eigenvalue weighted by Gasteiger charge is 2.29. The summed E-state index contributed by atoms with van der Waals surface area (Å²) in [5.74, 6) is -0.201. The molecule has 0 atom stereocenters. The summed E-state index contributed by atoms with van der Waals surface area (Å²) in [7, 11) is 0. The molecule has 1 rings (SSSR count). The van der Waals surface area contributed by atoms with Gasteiger partial charge in [-0.3, -0.25) is 4.79 Å². The Labute approximate surface area is 96.7 Å². The van der Waals surface area contributed by atoms with Gasteiger partial charge in [0.25, 0.3) is 0 Å². The van der Waals surface area contributed by atoms with Crippen LogP contribution in [0.4, 0.5) is 13.2 Å². The van der Waals surface area contributed by atoms with E-state index in [1.165, 1.54) is 12.1 Å². The van der Waals surface area contributed by atoms with E-state index in [0.29, 0.717) is 12.0 Å². The summed E-state index contributed by atoms with van der Waals surface area (Å²) in [6.07, 6.45) is -3.95. The molecule has 0 saturated carbocycles. The van der Waals surface area contributed by atoms with Gasteiger partial charge in [-0.15, -0.1) is 0 Å². The van der Waals surface area contributed by atoms with E-state index in [-0.39, 0.29) is 18.6 Å². The number of nitrogens with zero attached hydrogens (tertiary/aromatic N) is 1. The minimum Gasteiger partial charge on any atom is -0.299 e. The lowest BCUT2D eigenvalue weighted by Crippen LogP contribution is -2.05. The van der Waals surface area contributed by atoms with Crippen molar-refractivity contribution in [3.63, 3.8) is 0 Å². The van der Waals surface area contributed by atoms with Gasteiger partial charge in [0.1, 0.15) is 5.78 Å². The van der Waals surface area contributed by atoms with Gasteiger partial charge < -0.3 is 0 Å². The number of hydrogen-bond acceptors (Lipinski definition) is 2. The zero-order valence-electron chi connectivity index (χ0n) is 8.92. The molecule has 0 unspecified atom stereocenters. The normalized spacial score (nSPS) is 10.9. The number of benzene rings is 1. The van der Waals surface area contributed by atoms with E-state index in [4.69, 9.17) is 5.26 Å². The zero-order chi connectivity index (χ0) is 12.9. The van der Waals surface area contributed by atoms with Crippen LogP contribution in [0.2, 0.25) is 0 Å². The quantitative estimate of drug-likeness (QED) is 0.812. The first-order chi connectivity index (χ1) is 7.93. The third-order valence-corrected chi connectivity index (χ3v) is 2.25. The van der Waals surface area contributed by atoms with Crippen LogP contribution in [-0.2, 0) is 17.4 Å². The second-order valence-electron chi connectivity index (χ2n) is 3.57. The first-order valence-corrected chi connectivity index (χ1v) is 4.98. The van der Waals surface area contributed by atoms with Crippen molar-refractivity contribution >= 4 is 5.78 Å². The van der Waals surface area contributed by atoms with Crippen molar-refractivity contribution in [3.8, 4) is 6.07 Å². The molecule has 0 bridgehead atoms. The third kappa shape index (κ3) is 4.27. The van der Waals surface area contributed by atoms with Crippen molar-refractivity contribution in [3.05, 3.63) is 35.4 Å². The number of rotatable bonds is 4. The Bertz CT molecular complexity index is 429. The lowest BCUT2D eigenvalue weighted by molar-refractivity contribution is -0.137. The molecule has 1 aromatic carbocycles. The lowest BCUT2D eigenvalue weighted by Gasteiger charge is -2.07. The topological polar surface area (TPSA) is 40.9 Å². The van der Waals surface area contributed by atoms with Crippen molar-refractivity contribution in [1.29, 1.82) is 5.26 Å². The molecule has 1 aromatic rings. The summed E-state index contributed by atoms with van der Waals surface area (Å²) < 4.78 is 36.7. The van der Waals surface area contributed by atoms with Crippen molar-refractivity contribution in [2.45, 2.75) is 25.4 Å². The highest BCUT2D eigenvalue weighted by atomic mass is 19.4. The van der Waals surface area contributed by atoms with Gasteiger partial charge in [0, 0.05) is 6.42 Å². The average molecular weight is 241 g/mol. The lowest BCUT2D eigenvalue weighted by atomic mass is 10.0.